The fourth-order valence-corrected chi connectivity index (χ4v) is 1.91. The van der Waals surface area contributed by atoms with Crippen molar-refractivity contribution in [3.05, 3.63) is 65.5 Å². The average Bonchev–Trinajstić information content (AvgIpc) is 2.47. The third kappa shape index (κ3) is 3.56. The zero-order valence-corrected chi connectivity index (χ0v) is 11.1. The molecule has 0 bridgehead atoms. The van der Waals surface area contributed by atoms with E-state index >= 15 is 0 Å². The lowest BCUT2D eigenvalue weighted by Crippen LogP contribution is -2.21. The number of amidine groups is 1. The first kappa shape index (κ1) is 14.5. The zero-order chi connectivity index (χ0) is 15.2. The average molecular weight is 287 g/mol. The van der Waals surface area contributed by atoms with Crippen molar-refractivity contribution in [2.75, 3.05) is 5.32 Å². The van der Waals surface area contributed by atoms with Gasteiger partial charge in [0.05, 0.1) is 17.7 Å². The summed E-state index contributed by atoms with van der Waals surface area (Å²) in [6, 6.07) is 13.2. The maximum absolute atomic E-state index is 13.7. The lowest BCUT2D eigenvalue weighted by Gasteiger charge is -2.11. The van der Waals surface area contributed by atoms with Crippen molar-refractivity contribution >= 4 is 17.4 Å². The molecule has 0 atom stereocenters. The van der Waals surface area contributed by atoms with Crippen LogP contribution in [0.2, 0.25) is 0 Å². The largest absolute Gasteiger partial charge is 0.409 e. The number of nitrogens with two attached hydrogens (primary N) is 1. The molecule has 1 amide bonds. The van der Waals surface area contributed by atoms with Crippen molar-refractivity contribution in [2.45, 2.75) is 6.42 Å². The van der Waals surface area contributed by atoms with Crippen molar-refractivity contribution in [1.82, 2.24) is 0 Å². The maximum atomic E-state index is 13.7. The van der Waals surface area contributed by atoms with Crippen LogP contribution >= 0.6 is 0 Å². The Morgan fingerprint density at radius 1 is 1.19 bits per heavy atom. The van der Waals surface area contributed by atoms with Gasteiger partial charge in [-0.25, -0.2) is 4.39 Å². The minimum atomic E-state index is -0.678. The number of hydrogen-bond donors (Lipinski definition) is 3. The van der Waals surface area contributed by atoms with Crippen LogP contribution in [0.5, 0.6) is 0 Å². The van der Waals surface area contributed by atoms with E-state index in [1.54, 1.807) is 0 Å². The van der Waals surface area contributed by atoms with Gasteiger partial charge in [-0.3, -0.25) is 4.79 Å². The molecule has 0 radical (unpaired) electrons. The van der Waals surface area contributed by atoms with E-state index in [1.165, 1.54) is 18.2 Å². The van der Waals surface area contributed by atoms with Crippen molar-refractivity contribution in [2.24, 2.45) is 10.9 Å². The highest BCUT2D eigenvalue weighted by Gasteiger charge is 2.15. The molecule has 5 nitrogen and oxygen atoms in total. The third-order valence-electron chi connectivity index (χ3n) is 2.86. The van der Waals surface area contributed by atoms with E-state index in [0.717, 1.165) is 5.56 Å². The van der Waals surface area contributed by atoms with Crippen molar-refractivity contribution in [3.8, 4) is 0 Å². The molecule has 0 unspecified atom stereocenters. The Bertz CT molecular complexity index is 672. The number of rotatable bonds is 4. The molecule has 2 aromatic rings. The van der Waals surface area contributed by atoms with E-state index < -0.39 is 11.7 Å². The van der Waals surface area contributed by atoms with E-state index in [1.807, 2.05) is 30.3 Å². The summed E-state index contributed by atoms with van der Waals surface area (Å²) in [5.74, 6) is -1.40. The number of carbonyl (C=O) groups excluding carboxylic acids is 1. The van der Waals surface area contributed by atoms with Gasteiger partial charge in [0.25, 0.3) is 0 Å². The Morgan fingerprint density at radius 3 is 2.57 bits per heavy atom. The summed E-state index contributed by atoms with van der Waals surface area (Å²) in [6.07, 6.45) is 0.146. The van der Waals surface area contributed by atoms with Gasteiger partial charge in [-0.2, -0.15) is 0 Å². The van der Waals surface area contributed by atoms with Crippen LogP contribution in [0.4, 0.5) is 10.1 Å². The molecule has 0 saturated heterocycles. The van der Waals surface area contributed by atoms with Gasteiger partial charge in [0.1, 0.15) is 5.82 Å². The summed E-state index contributed by atoms with van der Waals surface area (Å²) in [5.41, 5.74) is 6.28. The van der Waals surface area contributed by atoms with Gasteiger partial charge in [0, 0.05) is 0 Å². The van der Waals surface area contributed by atoms with Crippen LogP contribution in [-0.2, 0) is 11.2 Å². The topological polar surface area (TPSA) is 87.7 Å². The molecular formula is C15H14FN3O2. The predicted octanol–water partition coefficient (Wildman–Crippen LogP) is 2.10. The highest BCUT2D eigenvalue weighted by atomic mass is 19.1. The van der Waals surface area contributed by atoms with E-state index in [4.69, 9.17) is 10.9 Å². The van der Waals surface area contributed by atoms with Crippen LogP contribution in [0.3, 0.4) is 0 Å². The second-order valence-electron chi connectivity index (χ2n) is 4.36. The Hall–Kier alpha value is -2.89. The molecule has 2 rings (SSSR count). The van der Waals surface area contributed by atoms with Gasteiger partial charge < -0.3 is 16.3 Å². The lowest BCUT2D eigenvalue weighted by molar-refractivity contribution is -0.115. The molecule has 4 N–H and O–H groups in total. The first-order valence-electron chi connectivity index (χ1n) is 6.22. The lowest BCUT2D eigenvalue weighted by atomic mass is 10.1. The number of anilines is 1. The molecular weight excluding hydrogens is 273 g/mol. The fourth-order valence-electron chi connectivity index (χ4n) is 1.91. The fraction of sp³-hybridized carbons (Fsp3) is 0.0667. The van der Waals surface area contributed by atoms with Crippen LogP contribution in [0, 0.1) is 5.82 Å². The number of halogens is 1. The summed E-state index contributed by atoms with van der Waals surface area (Å²) in [5, 5.41) is 14.0. The maximum Gasteiger partial charge on any atom is 0.228 e. The number of amides is 1. The van der Waals surface area contributed by atoms with Gasteiger partial charge in [0.15, 0.2) is 5.84 Å². The molecule has 0 aromatic heterocycles. The summed E-state index contributed by atoms with van der Waals surface area (Å²) in [7, 11) is 0. The normalized spacial score (nSPS) is 11.2. The second kappa shape index (κ2) is 6.51. The van der Waals surface area contributed by atoms with Gasteiger partial charge in [-0.1, -0.05) is 41.6 Å². The highest BCUT2D eigenvalue weighted by Crippen LogP contribution is 2.19. The summed E-state index contributed by atoms with van der Waals surface area (Å²) in [6.45, 7) is 0. The zero-order valence-electron chi connectivity index (χ0n) is 11.1. The molecule has 0 aliphatic heterocycles. The Balaban J connectivity index is 2.20. The van der Waals surface area contributed by atoms with Crippen LogP contribution in [0.25, 0.3) is 0 Å². The highest BCUT2D eigenvalue weighted by molar-refractivity contribution is 6.05. The molecule has 6 heteroatoms. The first-order chi connectivity index (χ1) is 10.1. The molecule has 2 aromatic carbocycles. The van der Waals surface area contributed by atoms with Gasteiger partial charge >= 0.3 is 0 Å². The molecule has 108 valence electrons. The van der Waals surface area contributed by atoms with Crippen LogP contribution < -0.4 is 11.1 Å². The number of oxime groups is 1. The summed E-state index contributed by atoms with van der Waals surface area (Å²) < 4.78 is 13.7. The van der Waals surface area contributed by atoms with Gasteiger partial charge in [-0.15, -0.1) is 0 Å². The van der Waals surface area contributed by atoms with Crippen molar-refractivity contribution in [3.63, 3.8) is 0 Å². The quantitative estimate of drug-likeness (QED) is 0.348. The monoisotopic (exact) mass is 287 g/mol. The second-order valence-corrected chi connectivity index (χ2v) is 4.36. The van der Waals surface area contributed by atoms with E-state index in [-0.39, 0.29) is 23.6 Å². The Labute approximate surface area is 120 Å². The molecule has 0 aliphatic rings. The Morgan fingerprint density at radius 2 is 1.90 bits per heavy atom. The third-order valence-corrected chi connectivity index (χ3v) is 2.86. The minimum Gasteiger partial charge on any atom is -0.409 e. The molecule has 0 heterocycles. The number of benzene rings is 2. The number of hydrogen-bond acceptors (Lipinski definition) is 3. The summed E-state index contributed by atoms with van der Waals surface area (Å²) >= 11 is 0. The Kier molecular flexibility index (Phi) is 4.50. The molecule has 0 fully saturated rings. The first-order valence-corrected chi connectivity index (χ1v) is 6.22. The number of nitrogens with one attached hydrogen (secondary N) is 1. The SMILES string of the molecule is N/C(=N/O)c1c(F)cccc1NC(=O)Cc1ccccc1. The van der Waals surface area contributed by atoms with E-state index in [0.29, 0.717) is 0 Å². The summed E-state index contributed by atoms with van der Waals surface area (Å²) in [4.78, 5) is 12.0. The van der Waals surface area contributed by atoms with Gasteiger partial charge in [0.2, 0.25) is 5.91 Å². The van der Waals surface area contributed by atoms with Crippen molar-refractivity contribution in [1.29, 1.82) is 0 Å². The molecule has 21 heavy (non-hydrogen) atoms. The van der Waals surface area contributed by atoms with Crippen molar-refractivity contribution < 1.29 is 14.4 Å². The van der Waals surface area contributed by atoms with Crippen LogP contribution in [0.1, 0.15) is 11.1 Å². The number of carbonyl (C=O) groups is 1. The molecule has 0 spiro atoms. The molecule has 0 saturated carbocycles. The van der Waals surface area contributed by atoms with Gasteiger partial charge in [-0.05, 0) is 17.7 Å². The predicted molar refractivity (Wildman–Crippen MR) is 77.7 cm³/mol. The molecule has 0 aliphatic carbocycles. The van der Waals surface area contributed by atoms with E-state index in [9.17, 15) is 9.18 Å². The smallest absolute Gasteiger partial charge is 0.228 e. The number of nitrogens with zero attached hydrogens (tertiary/aromatic N) is 1. The standard InChI is InChI=1S/C15H14FN3O2/c16-11-7-4-8-12(14(11)15(17)19-21)18-13(20)9-10-5-2-1-3-6-10/h1-8,21H,9H2,(H2,17,19)(H,18,20). The van der Waals surface area contributed by atoms with Crippen LogP contribution in [0.15, 0.2) is 53.7 Å². The van der Waals surface area contributed by atoms with E-state index in [2.05, 4.69) is 10.5 Å². The minimum absolute atomic E-state index is 0.138. The van der Waals surface area contributed by atoms with Crippen LogP contribution in [-0.4, -0.2) is 17.0 Å².